The summed E-state index contributed by atoms with van der Waals surface area (Å²) in [5, 5.41) is 8.76. The Morgan fingerprint density at radius 1 is 1.36 bits per heavy atom. The van der Waals surface area contributed by atoms with Crippen LogP contribution < -0.4 is 10.6 Å². The topological polar surface area (TPSA) is 61.8 Å². The highest BCUT2D eigenvalue weighted by atomic mass is 35.5. The number of guanidine groups is 1. The number of morpholine rings is 1. The van der Waals surface area contributed by atoms with E-state index in [0.29, 0.717) is 0 Å². The van der Waals surface area contributed by atoms with Gasteiger partial charge in [0.25, 0.3) is 0 Å². The first kappa shape index (κ1) is 21.0. The van der Waals surface area contributed by atoms with Crippen molar-refractivity contribution in [3.05, 3.63) is 50.9 Å². The van der Waals surface area contributed by atoms with Gasteiger partial charge in [0, 0.05) is 55.7 Å². The summed E-state index contributed by atoms with van der Waals surface area (Å²) in [6.07, 6.45) is 2.81. The number of aliphatic imine (C=N–C) groups is 1. The molecule has 1 atom stereocenters. The third kappa shape index (κ3) is 6.17. The van der Waals surface area contributed by atoms with Gasteiger partial charge in [-0.3, -0.25) is 9.89 Å². The summed E-state index contributed by atoms with van der Waals surface area (Å²) < 4.78 is 5.52. The molecule has 1 aliphatic rings. The minimum absolute atomic E-state index is 0.211. The van der Waals surface area contributed by atoms with Gasteiger partial charge in [0.2, 0.25) is 0 Å². The predicted octanol–water partition coefficient (Wildman–Crippen LogP) is 2.89. The highest BCUT2D eigenvalue weighted by Gasteiger charge is 2.23. The van der Waals surface area contributed by atoms with Gasteiger partial charge in [0.15, 0.2) is 5.96 Å². The predicted molar refractivity (Wildman–Crippen MR) is 117 cm³/mol. The Morgan fingerprint density at radius 3 is 2.86 bits per heavy atom. The van der Waals surface area contributed by atoms with Crippen LogP contribution in [0.1, 0.15) is 21.5 Å². The molecule has 1 aliphatic heterocycles. The van der Waals surface area contributed by atoms with Crippen LogP contribution in [0, 0.1) is 6.92 Å². The van der Waals surface area contributed by atoms with Gasteiger partial charge in [-0.15, -0.1) is 11.3 Å². The largest absolute Gasteiger partial charge is 0.379 e. The fourth-order valence-corrected chi connectivity index (χ4v) is 4.26. The zero-order valence-corrected chi connectivity index (χ0v) is 18.0. The summed E-state index contributed by atoms with van der Waals surface area (Å²) >= 11 is 7.98. The van der Waals surface area contributed by atoms with Crippen molar-refractivity contribution in [1.82, 2.24) is 20.5 Å². The maximum Gasteiger partial charge on any atom is 0.191 e. The molecule has 28 heavy (non-hydrogen) atoms. The Bertz CT molecular complexity index is 775. The fraction of sp³-hybridized carbons (Fsp3) is 0.500. The van der Waals surface area contributed by atoms with Gasteiger partial charge in [-0.2, -0.15) is 0 Å². The third-order valence-corrected chi connectivity index (χ3v) is 5.91. The molecule has 2 N–H and O–H groups in total. The highest BCUT2D eigenvalue weighted by Crippen LogP contribution is 2.24. The summed E-state index contributed by atoms with van der Waals surface area (Å²) in [7, 11) is 1.80. The van der Waals surface area contributed by atoms with Gasteiger partial charge in [-0.25, -0.2) is 4.98 Å². The van der Waals surface area contributed by atoms with E-state index in [0.717, 1.165) is 61.8 Å². The van der Waals surface area contributed by atoms with Gasteiger partial charge in [0.1, 0.15) is 0 Å². The molecule has 6 nitrogen and oxygen atoms in total. The van der Waals surface area contributed by atoms with E-state index in [1.807, 2.05) is 24.4 Å². The lowest BCUT2D eigenvalue weighted by atomic mass is 10.0. The molecule has 0 amide bonds. The van der Waals surface area contributed by atoms with E-state index >= 15 is 0 Å². The van der Waals surface area contributed by atoms with Crippen LogP contribution in [0.4, 0.5) is 0 Å². The maximum absolute atomic E-state index is 6.24. The van der Waals surface area contributed by atoms with Crippen LogP contribution in [-0.2, 0) is 11.2 Å². The molecule has 8 heteroatoms. The van der Waals surface area contributed by atoms with Gasteiger partial charge in [-0.1, -0.05) is 23.7 Å². The minimum atomic E-state index is 0.211. The smallest absolute Gasteiger partial charge is 0.191 e. The van der Waals surface area contributed by atoms with Crippen molar-refractivity contribution >= 4 is 28.9 Å². The molecule has 2 heterocycles. The number of halogens is 1. The van der Waals surface area contributed by atoms with Gasteiger partial charge >= 0.3 is 0 Å². The zero-order chi connectivity index (χ0) is 19.8. The van der Waals surface area contributed by atoms with Gasteiger partial charge < -0.3 is 15.4 Å². The summed E-state index contributed by atoms with van der Waals surface area (Å²) in [6.45, 7) is 6.97. The van der Waals surface area contributed by atoms with E-state index in [4.69, 9.17) is 16.3 Å². The fourth-order valence-electron chi connectivity index (χ4n) is 3.28. The van der Waals surface area contributed by atoms with Crippen molar-refractivity contribution in [2.45, 2.75) is 19.4 Å². The lowest BCUT2D eigenvalue weighted by Gasteiger charge is -2.35. The number of aryl methyl sites for hydroxylation is 1. The molecule has 1 aromatic carbocycles. The van der Waals surface area contributed by atoms with Crippen molar-refractivity contribution in [1.29, 1.82) is 0 Å². The monoisotopic (exact) mass is 421 g/mol. The number of rotatable bonds is 7. The number of benzene rings is 1. The summed E-state index contributed by atoms with van der Waals surface area (Å²) in [5.74, 6) is 0.800. The molecule has 0 radical (unpaired) electrons. The van der Waals surface area contributed by atoms with Crippen LogP contribution in [-0.4, -0.2) is 62.3 Å². The number of aromatic nitrogens is 1. The Labute approximate surface area is 176 Å². The Kier molecular flexibility index (Phi) is 8.09. The van der Waals surface area contributed by atoms with E-state index in [-0.39, 0.29) is 6.04 Å². The Balaban J connectivity index is 1.57. The van der Waals surface area contributed by atoms with Crippen LogP contribution >= 0.6 is 22.9 Å². The molecule has 1 aromatic heterocycles. The number of ether oxygens (including phenoxy) is 1. The van der Waals surface area contributed by atoms with E-state index in [1.54, 1.807) is 18.4 Å². The molecular weight excluding hydrogens is 394 g/mol. The molecule has 0 aliphatic carbocycles. The molecule has 2 aromatic rings. The SMILES string of the molecule is CN=C(NCCc1ncc(C)s1)NCC(c1cccc(Cl)c1)N1CCOCC1. The van der Waals surface area contributed by atoms with Crippen LogP contribution in [0.25, 0.3) is 0 Å². The van der Waals surface area contributed by atoms with Gasteiger partial charge in [0.05, 0.1) is 24.3 Å². The van der Waals surface area contributed by atoms with E-state index in [2.05, 4.69) is 38.5 Å². The summed E-state index contributed by atoms with van der Waals surface area (Å²) in [6, 6.07) is 8.31. The first-order chi connectivity index (χ1) is 13.7. The van der Waals surface area contributed by atoms with Crippen molar-refractivity contribution in [2.24, 2.45) is 4.99 Å². The molecule has 1 unspecified atom stereocenters. The van der Waals surface area contributed by atoms with Gasteiger partial charge in [-0.05, 0) is 24.6 Å². The first-order valence-corrected chi connectivity index (χ1v) is 10.8. The van der Waals surface area contributed by atoms with Crippen LogP contribution in [0.2, 0.25) is 5.02 Å². The first-order valence-electron chi connectivity index (χ1n) is 9.59. The highest BCUT2D eigenvalue weighted by molar-refractivity contribution is 7.11. The van der Waals surface area contributed by atoms with Crippen molar-refractivity contribution in [3.63, 3.8) is 0 Å². The average molecular weight is 422 g/mol. The van der Waals surface area contributed by atoms with Crippen molar-refractivity contribution in [2.75, 3.05) is 46.4 Å². The molecule has 1 fully saturated rings. The second-order valence-electron chi connectivity index (χ2n) is 6.71. The zero-order valence-electron chi connectivity index (χ0n) is 16.4. The Morgan fingerprint density at radius 2 is 2.18 bits per heavy atom. The molecule has 0 spiro atoms. The number of nitrogens with zero attached hydrogens (tertiary/aromatic N) is 3. The molecular formula is C20H28ClN5OS. The second-order valence-corrected chi connectivity index (χ2v) is 8.47. The lowest BCUT2D eigenvalue weighted by molar-refractivity contribution is 0.0170. The number of nitrogens with one attached hydrogen (secondary N) is 2. The summed E-state index contributed by atoms with van der Waals surface area (Å²) in [4.78, 5) is 12.5. The normalized spacial score (nSPS) is 16.8. The number of thiazole rings is 1. The van der Waals surface area contributed by atoms with Crippen LogP contribution in [0.3, 0.4) is 0 Å². The molecule has 0 saturated carbocycles. The van der Waals surface area contributed by atoms with Crippen molar-refractivity contribution < 1.29 is 4.74 Å². The van der Waals surface area contributed by atoms with Crippen molar-refractivity contribution in [3.8, 4) is 0 Å². The molecule has 152 valence electrons. The van der Waals surface area contributed by atoms with E-state index < -0.39 is 0 Å². The lowest BCUT2D eigenvalue weighted by Crippen LogP contribution is -2.46. The van der Waals surface area contributed by atoms with E-state index in [9.17, 15) is 0 Å². The quantitative estimate of drug-likeness (QED) is 0.531. The second kappa shape index (κ2) is 10.8. The van der Waals surface area contributed by atoms with Crippen LogP contribution in [0.15, 0.2) is 35.5 Å². The molecule has 0 bridgehead atoms. The minimum Gasteiger partial charge on any atom is -0.379 e. The number of hydrogen-bond acceptors (Lipinski definition) is 5. The third-order valence-electron chi connectivity index (χ3n) is 4.71. The number of hydrogen-bond donors (Lipinski definition) is 2. The molecule has 1 saturated heterocycles. The van der Waals surface area contributed by atoms with E-state index in [1.165, 1.54) is 10.4 Å². The Hall–Kier alpha value is -1.67. The summed E-state index contributed by atoms with van der Waals surface area (Å²) in [5.41, 5.74) is 1.20. The van der Waals surface area contributed by atoms with Crippen LogP contribution in [0.5, 0.6) is 0 Å². The molecule has 3 rings (SSSR count). The average Bonchev–Trinajstić information content (AvgIpc) is 3.13. The maximum atomic E-state index is 6.24. The standard InChI is InChI=1S/C20H28ClN5OS/c1-15-13-24-19(28-15)6-7-23-20(22-2)25-14-18(26-8-10-27-11-9-26)16-4-3-5-17(21)12-16/h3-5,12-13,18H,6-11,14H2,1-2H3,(H2,22,23,25).